The van der Waals surface area contributed by atoms with Gasteiger partial charge in [-0.05, 0) is 49.2 Å². The summed E-state index contributed by atoms with van der Waals surface area (Å²) in [6.07, 6.45) is 0. The van der Waals surface area contributed by atoms with Crippen molar-refractivity contribution in [2.24, 2.45) is 0 Å². The van der Waals surface area contributed by atoms with Gasteiger partial charge in [-0.1, -0.05) is 17.8 Å². The highest BCUT2D eigenvalue weighted by Gasteiger charge is 2.13. The highest BCUT2D eigenvalue weighted by Crippen LogP contribution is 2.30. The molecular formula is C20H21N3O4S. The number of nitrogens with zero attached hydrogens (tertiary/aromatic N) is 2. The van der Waals surface area contributed by atoms with Gasteiger partial charge in [0.1, 0.15) is 11.5 Å². The Balaban J connectivity index is 1.64. The Morgan fingerprint density at radius 2 is 1.64 bits per heavy atom. The molecule has 1 amide bonds. The maximum atomic E-state index is 12.2. The maximum Gasteiger partial charge on any atom is 0.277 e. The zero-order chi connectivity index (χ0) is 20.1. The van der Waals surface area contributed by atoms with E-state index in [9.17, 15) is 4.79 Å². The average Bonchev–Trinajstić information content (AvgIpc) is 3.14. The van der Waals surface area contributed by atoms with Gasteiger partial charge in [0.05, 0.1) is 20.0 Å². The molecule has 0 spiro atoms. The van der Waals surface area contributed by atoms with Crippen molar-refractivity contribution in [1.29, 1.82) is 0 Å². The number of aromatic nitrogens is 2. The Hall–Kier alpha value is -3.00. The fourth-order valence-electron chi connectivity index (χ4n) is 2.69. The predicted molar refractivity (Wildman–Crippen MR) is 108 cm³/mol. The van der Waals surface area contributed by atoms with Crippen LogP contribution in [0.3, 0.4) is 0 Å². The van der Waals surface area contributed by atoms with Crippen molar-refractivity contribution in [2.45, 2.75) is 19.1 Å². The molecule has 0 fully saturated rings. The molecule has 8 heteroatoms. The summed E-state index contributed by atoms with van der Waals surface area (Å²) in [7, 11) is 3.14. The van der Waals surface area contributed by atoms with E-state index in [1.165, 1.54) is 11.8 Å². The molecule has 1 aromatic heterocycles. The minimum absolute atomic E-state index is 0.141. The number of methoxy groups -OCH3 is 2. The Kier molecular flexibility index (Phi) is 6.20. The topological polar surface area (TPSA) is 86.5 Å². The number of aryl methyl sites for hydroxylation is 2. The van der Waals surface area contributed by atoms with Gasteiger partial charge in [-0.2, -0.15) is 0 Å². The van der Waals surface area contributed by atoms with Gasteiger partial charge in [0.2, 0.25) is 11.8 Å². The van der Waals surface area contributed by atoms with Crippen molar-refractivity contribution in [3.63, 3.8) is 0 Å². The normalized spacial score (nSPS) is 10.6. The first-order valence-electron chi connectivity index (χ1n) is 8.54. The number of carbonyl (C=O) groups excluding carboxylic acids is 1. The Morgan fingerprint density at radius 3 is 2.25 bits per heavy atom. The van der Waals surface area contributed by atoms with Gasteiger partial charge in [0.15, 0.2) is 0 Å². The number of thioether (sulfide) groups is 1. The molecule has 0 aliphatic carbocycles. The smallest absolute Gasteiger partial charge is 0.277 e. The van der Waals surface area contributed by atoms with Crippen LogP contribution >= 0.6 is 11.8 Å². The van der Waals surface area contributed by atoms with Crippen LogP contribution in [0.5, 0.6) is 11.5 Å². The van der Waals surface area contributed by atoms with Crippen LogP contribution in [0.15, 0.2) is 46.0 Å². The minimum atomic E-state index is -0.141. The zero-order valence-corrected chi connectivity index (χ0v) is 16.9. The number of hydrogen-bond acceptors (Lipinski definition) is 7. The number of hydrogen-bond donors (Lipinski definition) is 1. The molecule has 1 N–H and O–H groups in total. The van der Waals surface area contributed by atoms with Crippen LogP contribution in [0.25, 0.3) is 11.5 Å². The summed E-state index contributed by atoms with van der Waals surface area (Å²) in [6, 6.07) is 11.2. The second-order valence-corrected chi connectivity index (χ2v) is 7.11. The first-order chi connectivity index (χ1) is 13.5. The molecule has 1 heterocycles. The second kappa shape index (κ2) is 8.79. The summed E-state index contributed by atoms with van der Waals surface area (Å²) in [5, 5.41) is 11.2. The van der Waals surface area contributed by atoms with Crippen molar-refractivity contribution in [2.75, 3.05) is 25.3 Å². The van der Waals surface area contributed by atoms with E-state index < -0.39 is 0 Å². The van der Waals surface area contributed by atoms with Crippen molar-refractivity contribution in [1.82, 2.24) is 10.2 Å². The van der Waals surface area contributed by atoms with Gasteiger partial charge in [0.25, 0.3) is 5.22 Å². The second-order valence-electron chi connectivity index (χ2n) is 6.19. The van der Waals surface area contributed by atoms with Crippen LogP contribution in [0.2, 0.25) is 0 Å². The van der Waals surface area contributed by atoms with Crippen molar-refractivity contribution in [3.8, 4) is 23.0 Å². The van der Waals surface area contributed by atoms with E-state index in [-0.39, 0.29) is 11.7 Å². The van der Waals surface area contributed by atoms with Crippen LogP contribution in [0.1, 0.15) is 11.1 Å². The third-order valence-corrected chi connectivity index (χ3v) is 4.66. The van der Waals surface area contributed by atoms with Gasteiger partial charge >= 0.3 is 0 Å². The third kappa shape index (κ3) is 5.04. The van der Waals surface area contributed by atoms with Crippen LogP contribution < -0.4 is 14.8 Å². The van der Waals surface area contributed by atoms with E-state index in [1.807, 2.05) is 26.0 Å². The van der Waals surface area contributed by atoms with Gasteiger partial charge in [-0.25, -0.2) is 0 Å². The van der Waals surface area contributed by atoms with Crippen LogP contribution in [0.4, 0.5) is 5.69 Å². The van der Waals surface area contributed by atoms with Crippen LogP contribution in [0, 0.1) is 13.8 Å². The highest BCUT2D eigenvalue weighted by atomic mass is 32.2. The number of carbonyl (C=O) groups is 1. The lowest BCUT2D eigenvalue weighted by Gasteiger charge is -2.06. The predicted octanol–water partition coefficient (Wildman–Crippen LogP) is 4.10. The number of amides is 1. The largest absolute Gasteiger partial charge is 0.497 e. The Labute approximate surface area is 167 Å². The molecule has 0 aliphatic heterocycles. The number of nitrogens with one attached hydrogen (secondary N) is 1. The monoisotopic (exact) mass is 399 g/mol. The van der Waals surface area contributed by atoms with Gasteiger partial charge in [-0.15, -0.1) is 10.2 Å². The lowest BCUT2D eigenvalue weighted by Crippen LogP contribution is -2.14. The average molecular weight is 399 g/mol. The lowest BCUT2D eigenvalue weighted by molar-refractivity contribution is -0.113. The quantitative estimate of drug-likeness (QED) is 0.599. The Morgan fingerprint density at radius 1 is 1.00 bits per heavy atom. The molecule has 7 nitrogen and oxygen atoms in total. The fraction of sp³-hybridized carbons (Fsp3) is 0.250. The lowest BCUT2D eigenvalue weighted by atomic mass is 10.1. The SMILES string of the molecule is COc1cc(OC)cc(-c2nnc(SCC(=O)Nc3cc(C)cc(C)c3)o2)c1. The van der Waals surface area contributed by atoms with Crippen molar-refractivity contribution in [3.05, 3.63) is 47.5 Å². The van der Waals surface area contributed by atoms with E-state index in [2.05, 4.69) is 21.6 Å². The summed E-state index contributed by atoms with van der Waals surface area (Å²) in [6.45, 7) is 3.98. The van der Waals surface area contributed by atoms with E-state index in [0.717, 1.165) is 16.8 Å². The summed E-state index contributed by atoms with van der Waals surface area (Å²) < 4.78 is 16.2. The molecule has 0 saturated heterocycles. The summed E-state index contributed by atoms with van der Waals surface area (Å²) in [5.41, 5.74) is 3.64. The minimum Gasteiger partial charge on any atom is -0.497 e. The molecule has 0 radical (unpaired) electrons. The zero-order valence-electron chi connectivity index (χ0n) is 16.1. The highest BCUT2D eigenvalue weighted by molar-refractivity contribution is 7.99. The molecule has 0 aliphatic rings. The third-order valence-electron chi connectivity index (χ3n) is 3.84. The van der Waals surface area contributed by atoms with E-state index in [0.29, 0.717) is 28.2 Å². The van der Waals surface area contributed by atoms with Crippen molar-refractivity contribution < 1.29 is 18.7 Å². The Bertz CT molecular complexity index is 945. The summed E-state index contributed by atoms with van der Waals surface area (Å²) in [5.74, 6) is 1.59. The molecule has 0 unspecified atom stereocenters. The molecule has 3 aromatic rings. The fourth-order valence-corrected chi connectivity index (χ4v) is 3.25. The molecule has 28 heavy (non-hydrogen) atoms. The number of benzene rings is 2. The molecular weight excluding hydrogens is 378 g/mol. The first-order valence-corrected chi connectivity index (χ1v) is 9.53. The van der Waals surface area contributed by atoms with Gasteiger partial charge in [-0.3, -0.25) is 4.79 Å². The molecule has 146 valence electrons. The maximum absolute atomic E-state index is 12.2. The van der Waals surface area contributed by atoms with E-state index in [1.54, 1.807) is 32.4 Å². The van der Waals surface area contributed by atoms with Crippen molar-refractivity contribution >= 4 is 23.4 Å². The first kappa shape index (κ1) is 19.8. The molecule has 0 saturated carbocycles. The van der Waals surface area contributed by atoms with Gasteiger partial charge < -0.3 is 19.2 Å². The van der Waals surface area contributed by atoms with Gasteiger partial charge in [0, 0.05) is 17.3 Å². The van der Waals surface area contributed by atoms with Crippen LogP contribution in [-0.2, 0) is 4.79 Å². The standard InChI is InChI=1S/C20H21N3O4S/c1-12-5-13(2)7-15(6-12)21-18(24)11-28-20-23-22-19(27-20)14-8-16(25-3)10-17(9-14)26-4/h5-10H,11H2,1-4H3,(H,21,24). The number of anilines is 1. The van der Waals surface area contributed by atoms with E-state index in [4.69, 9.17) is 13.9 Å². The number of rotatable bonds is 7. The molecule has 2 aromatic carbocycles. The number of ether oxygens (including phenoxy) is 2. The molecule has 0 bridgehead atoms. The van der Waals surface area contributed by atoms with E-state index >= 15 is 0 Å². The molecule has 0 atom stereocenters. The summed E-state index contributed by atoms with van der Waals surface area (Å²) in [4.78, 5) is 12.2. The molecule has 3 rings (SSSR count). The van der Waals surface area contributed by atoms with Crippen LogP contribution in [-0.4, -0.2) is 36.1 Å². The summed E-state index contributed by atoms with van der Waals surface area (Å²) >= 11 is 1.18.